The van der Waals surface area contributed by atoms with Gasteiger partial charge in [-0.25, -0.2) is 0 Å². The van der Waals surface area contributed by atoms with Crippen LogP contribution in [0.3, 0.4) is 0 Å². The highest BCUT2D eigenvalue weighted by Gasteiger charge is 2.11. The summed E-state index contributed by atoms with van der Waals surface area (Å²) in [6, 6.07) is 23.3. The first kappa shape index (κ1) is 21.3. The van der Waals surface area contributed by atoms with Gasteiger partial charge < -0.3 is 4.74 Å². The van der Waals surface area contributed by atoms with E-state index >= 15 is 0 Å². The molecule has 0 heterocycles. The van der Waals surface area contributed by atoms with Crippen LogP contribution in [-0.2, 0) is 16.0 Å². The highest BCUT2D eigenvalue weighted by Crippen LogP contribution is 2.34. The molecule has 0 fully saturated rings. The number of nitrogens with one attached hydrogen (secondary N) is 2. The first-order valence-corrected chi connectivity index (χ1v) is 11.1. The van der Waals surface area contributed by atoms with E-state index in [1.165, 1.54) is 0 Å². The number of rotatable bonds is 5. The van der Waals surface area contributed by atoms with Crippen molar-refractivity contribution in [3.8, 4) is 5.75 Å². The standard InChI is InChI=1S/C24H18Br2N2O3/c25-18-9-10-20-17(12-18)8-11-21(24(20)26)31-14-23(30)28-27-22(29)13-16-6-3-5-15-4-1-2-7-19(15)16/h1-12H,13-14H2,(H,27,29)(H,28,30). The van der Waals surface area contributed by atoms with Gasteiger partial charge in [-0.15, -0.1) is 0 Å². The second-order valence-corrected chi connectivity index (χ2v) is 8.65. The molecule has 7 heteroatoms. The van der Waals surface area contributed by atoms with E-state index in [-0.39, 0.29) is 18.9 Å². The molecule has 0 aromatic heterocycles. The van der Waals surface area contributed by atoms with Crippen molar-refractivity contribution < 1.29 is 14.3 Å². The van der Waals surface area contributed by atoms with Gasteiger partial charge in [0, 0.05) is 4.47 Å². The average molecular weight is 542 g/mol. The van der Waals surface area contributed by atoms with Crippen LogP contribution in [0.4, 0.5) is 0 Å². The van der Waals surface area contributed by atoms with Gasteiger partial charge in [0.1, 0.15) is 5.75 Å². The summed E-state index contributed by atoms with van der Waals surface area (Å²) in [5, 5.41) is 4.10. The number of benzene rings is 4. The molecule has 0 aliphatic heterocycles. The topological polar surface area (TPSA) is 67.4 Å². The average Bonchev–Trinajstić information content (AvgIpc) is 2.77. The Bertz CT molecular complexity index is 1290. The number of carbonyl (C=O) groups excluding carboxylic acids is 2. The summed E-state index contributed by atoms with van der Waals surface area (Å²) in [4.78, 5) is 24.4. The Balaban J connectivity index is 1.32. The highest BCUT2D eigenvalue weighted by atomic mass is 79.9. The Morgan fingerprint density at radius 3 is 2.42 bits per heavy atom. The van der Waals surface area contributed by atoms with Crippen molar-refractivity contribution in [2.24, 2.45) is 0 Å². The molecule has 2 amide bonds. The Morgan fingerprint density at radius 2 is 1.55 bits per heavy atom. The van der Waals surface area contributed by atoms with Gasteiger partial charge in [-0.2, -0.15) is 0 Å². The van der Waals surface area contributed by atoms with Crippen molar-refractivity contribution >= 4 is 65.2 Å². The van der Waals surface area contributed by atoms with Crippen LogP contribution in [0.1, 0.15) is 5.56 Å². The van der Waals surface area contributed by atoms with Crippen molar-refractivity contribution in [1.82, 2.24) is 10.9 Å². The Hall–Kier alpha value is -2.90. The maximum absolute atomic E-state index is 12.3. The minimum absolute atomic E-state index is 0.161. The number of ether oxygens (including phenoxy) is 1. The third-order valence-electron chi connectivity index (χ3n) is 4.81. The van der Waals surface area contributed by atoms with Crippen LogP contribution >= 0.6 is 31.9 Å². The number of halogens is 2. The molecule has 2 N–H and O–H groups in total. The number of amides is 2. The zero-order chi connectivity index (χ0) is 21.8. The van der Waals surface area contributed by atoms with Crippen LogP contribution in [0.5, 0.6) is 5.75 Å². The number of fused-ring (bicyclic) bond motifs is 2. The molecule has 0 bridgehead atoms. The molecular formula is C24H18Br2N2O3. The SMILES string of the molecule is O=C(COc1ccc2cc(Br)ccc2c1Br)NNC(=O)Cc1cccc2ccccc12. The predicted molar refractivity (Wildman–Crippen MR) is 129 cm³/mol. The first-order chi connectivity index (χ1) is 15.0. The van der Waals surface area contributed by atoms with Gasteiger partial charge in [0.25, 0.3) is 5.91 Å². The van der Waals surface area contributed by atoms with Crippen molar-refractivity contribution in [3.05, 3.63) is 87.3 Å². The minimum atomic E-state index is -0.450. The molecular weight excluding hydrogens is 524 g/mol. The molecule has 4 aromatic carbocycles. The molecule has 0 unspecified atom stereocenters. The number of hydrogen-bond donors (Lipinski definition) is 2. The largest absolute Gasteiger partial charge is 0.483 e. The van der Waals surface area contributed by atoms with Crippen molar-refractivity contribution in [3.63, 3.8) is 0 Å². The lowest BCUT2D eigenvalue weighted by atomic mass is 10.0. The minimum Gasteiger partial charge on any atom is -0.483 e. The van der Waals surface area contributed by atoms with E-state index in [4.69, 9.17) is 4.74 Å². The summed E-state index contributed by atoms with van der Waals surface area (Å²) in [5.41, 5.74) is 5.74. The van der Waals surface area contributed by atoms with E-state index in [1.54, 1.807) is 6.07 Å². The summed E-state index contributed by atoms with van der Waals surface area (Å²) in [6.07, 6.45) is 0.161. The Kier molecular flexibility index (Phi) is 6.53. The van der Waals surface area contributed by atoms with Gasteiger partial charge in [0.2, 0.25) is 5.91 Å². The van der Waals surface area contributed by atoms with Gasteiger partial charge >= 0.3 is 0 Å². The van der Waals surface area contributed by atoms with Crippen LogP contribution in [0, 0.1) is 0 Å². The number of hydrogen-bond acceptors (Lipinski definition) is 3. The summed E-state index contributed by atoms with van der Waals surface area (Å²) in [6.45, 7) is -0.227. The smallest absolute Gasteiger partial charge is 0.276 e. The Labute approximate surface area is 196 Å². The summed E-state index contributed by atoms with van der Waals surface area (Å²) < 4.78 is 7.38. The lowest BCUT2D eigenvalue weighted by Crippen LogP contribution is -2.44. The third-order valence-corrected chi connectivity index (χ3v) is 6.12. The van der Waals surface area contributed by atoms with E-state index in [0.717, 1.165) is 36.1 Å². The van der Waals surface area contributed by atoms with Gasteiger partial charge in [-0.05, 0) is 61.2 Å². The fourth-order valence-corrected chi connectivity index (χ4v) is 4.32. The molecule has 0 aliphatic rings. The second-order valence-electron chi connectivity index (χ2n) is 6.94. The van der Waals surface area contributed by atoms with E-state index in [1.807, 2.05) is 66.7 Å². The molecule has 4 aromatic rings. The molecule has 31 heavy (non-hydrogen) atoms. The van der Waals surface area contributed by atoms with Crippen LogP contribution in [0.2, 0.25) is 0 Å². The van der Waals surface area contributed by atoms with Crippen molar-refractivity contribution in [2.45, 2.75) is 6.42 Å². The molecule has 0 spiro atoms. The molecule has 156 valence electrons. The zero-order valence-electron chi connectivity index (χ0n) is 16.3. The van der Waals surface area contributed by atoms with E-state index < -0.39 is 5.91 Å². The van der Waals surface area contributed by atoms with Gasteiger partial charge in [0.15, 0.2) is 6.61 Å². The van der Waals surface area contributed by atoms with Crippen LogP contribution < -0.4 is 15.6 Å². The Morgan fingerprint density at radius 1 is 0.774 bits per heavy atom. The zero-order valence-corrected chi connectivity index (χ0v) is 19.5. The molecule has 0 saturated heterocycles. The molecule has 0 saturated carbocycles. The maximum atomic E-state index is 12.3. The second kappa shape index (κ2) is 9.49. The number of carbonyl (C=O) groups is 2. The predicted octanol–water partition coefficient (Wildman–Crippen LogP) is 5.29. The molecule has 0 radical (unpaired) electrons. The van der Waals surface area contributed by atoms with E-state index in [0.29, 0.717) is 5.75 Å². The fourth-order valence-electron chi connectivity index (χ4n) is 3.34. The first-order valence-electron chi connectivity index (χ1n) is 9.56. The van der Waals surface area contributed by atoms with Crippen LogP contribution in [0.25, 0.3) is 21.5 Å². The molecule has 0 atom stereocenters. The van der Waals surface area contributed by atoms with Gasteiger partial charge in [0.05, 0.1) is 10.9 Å². The van der Waals surface area contributed by atoms with E-state index in [2.05, 4.69) is 42.7 Å². The summed E-state index contributed by atoms with van der Waals surface area (Å²) in [5.74, 6) is -0.205. The van der Waals surface area contributed by atoms with Crippen LogP contribution in [0.15, 0.2) is 81.7 Å². The number of hydrazine groups is 1. The van der Waals surface area contributed by atoms with Crippen molar-refractivity contribution in [2.75, 3.05) is 6.61 Å². The molecule has 0 aliphatic carbocycles. The lowest BCUT2D eigenvalue weighted by molar-refractivity contribution is -0.129. The quantitative estimate of drug-likeness (QED) is 0.337. The van der Waals surface area contributed by atoms with Crippen molar-refractivity contribution in [1.29, 1.82) is 0 Å². The van der Waals surface area contributed by atoms with Crippen LogP contribution in [-0.4, -0.2) is 18.4 Å². The lowest BCUT2D eigenvalue weighted by Gasteiger charge is -2.12. The molecule has 5 nitrogen and oxygen atoms in total. The third kappa shape index (κ3) is 5.06. The van der Waals surface area contributed by atoms with Gasteiger partial charge in [-0.3, -0.25) is 20.4 Å². The monoisotopic (exact) mass is 540 g/mol. The van der Waals surface area contributed by atoms with Gasteiger partial charge in [-0.1, -0.05) is 70.5 Å². The summed E-state index contributed by atoms with van der Waals surface area (Å²) >= 11 is 6.99. The summed E-state index contributed by atoms with van der Waals surface area (Å²) in [7, 11) is 0. The maximum Gasteiger partial charge on any atom is 0.276 e. The molecule has 4 rings (SSSR count). The van der Waals surface area contributed by atoms with E-state index in [9.17, 15) is 9.59 Å². The fraction of sp³-hybridized carbons (Fsp3) is 0.0833. The normalized spacial score (nSPS) is 10.8. The highest BCUT2D eigenvalue weighted by molar-refractivity contribution is 9.11.